The van der Waals surface area contributed by atoms with Gasteiger partial charge in [-0.25, -0.2) is 0 Å². The molecule has 8 heteroatoms. The Morgan fingerprint density at radius 1 is 1.23 bits per heavy atom. The van der Waals surface area contributed by atoms with E-state index in [-0.39, 0.29) is 23.5 Å². The summed E-state index contributed by atoms with van der Waals surface area (Å²) in [5, 5.41) is 11.5. The maximum Gasteiger partial charge on any atom is 0.237 e. The second kappa shape index (κ2) is 8.84. The van der Waals surface area contributed by atoms with Crippen LogP contribution < -0.4 is 11.1 Å². The Morgan fingerprint density at radius 3 is 2.58 bits per heavy atom. The molecule has 2 amide bonds. The first-order chi connectivity index (χ1) is 12.3. The SMILES string of the molecule is CC(C)c1ccccc1NC(=O)[C@@H](C)Sc1nnc(CCC(N)=O)n1C. The molecule has 0 fully saturated rings. The first-order valence-electron chi connectivity index (χ1n) is 8.52. The second-order valence-electron chi connectivity index (χ2n) is 6.42. The number of hydrogen-bond donors (Lipinski definition) is 2. The zero-order chi connectivity index (χ0) is 19.3. The Balaban J connectivity index is 2.03. The van der Waals surface area contributed by atoms with Crippen LogP contribution in [0.15, 0.2) is 29.4 Å². The average molecular weight is 375 g/mol. The molecule has 7 nitrogen and oxygen atoms in total. The highest BCUT2D eigenvalue weighted by molar-refractivity contribution is 8.00. The molecule has 0 saturated heterocycles. The normalized spacial score (nSPS) is 12.2. The molecule has 0 saturated carbocycles. The highest BCUT2D eigenvalue weighted by atomic mass is 32.2. The first-order valence-corrected chi connectivity index (χ1v) is 9.40. The Hall–Kier alpha value is -2.35. The van der Waals surface area contributed by atoms with Gasteiger partial charge in [0.25, 0.3) is 0 Å². The molecular formula is C18H25N5O2S. The van der Waals surface area contributed by atoms with Gasteiger partial charge >= 0.3 is 0 Å². The van der Waals surface area contributed by atoms with Gasteiger partial charge in [-0.1, -0.05) is 43.8 Å². The van der Waals surface area contributed by atoms with Crippen molar-refractivity contribution >= 4 is 29.3 Å². The molecule has 1 atom stereocenters. The fourth-order valence-electron chi connectivity index (χ4n) is 2.46. The molecular weight excluding hydrogens is 350 g/mol. The molecule has 26 heavy (non-hydrogen) atoms. The monoisotopic (exact) mass is 375 g/mol. The van der Waals surface area contributed by atoms with Gasteiger partial charge in [-0.05, 0) is 24.5 Å². The predicted molar refractivity (Wildman–Crippen MR) is 103 cm³/mol. The number of benzene rings is 1. The van der Waals surface area contributed by atoms with Crippen molar-refractivity contribution in [3.63, 3.8) is 0 Å². The van der Waals surface area contributed by atoms with Gasteiger partial charge in [0, 0.05) is 25.6 Å². The number of thioether (sulfide) groups is 1. The molecule has 1 aromatic carbocycles. The summed E-state index contributed by atoms with van der Waals surface area (Å²) in [5.41, 5.74) is 7.11. The summed E-state index contributed by atoms with van der Waals surface area (Å²) in [6.07, 6.45) is 0.653. The van der Waals surface area contributed by atoms with Gasteiger partial charge in [0.05, 0.1) is 5.25 Å². The highest BCUT2D eigenvalue weighted by Gasteiger charge is 2.20. The number of carbonyl (C=O) groups is 2. The van der Waals surface area contributed by atoms with Crippen LogP contribution in [-0.2, 0) is 23.1 Å². The topological polar surface area (TPSA) is 103 Å². The van der Waals surface area contributed by atoms with Gasteiger partial charge in [0.15, 0.2) is 5.16 Å². The summed E-state index contributed by atoms with van der Waals surface area (Å²) in [6, 6.07) is 7.81. The zero-order valence-electron chi connectivity index (χ0n) is 15.5. The zero-order valence-corrected chi connectivity index (χ0v) is 16.3. The van der Waals surface area contributed by atoms with E-state index in [1.165, 1.54) is 11.8 Å². The number of anilines is 1. The first kappa shape index (κ1) is 20.0. The van der Waals surface area contributed by atoms with E-state index in [1.54, 1.807) is 4.57 Å². The van der Waals surface area contributed by atoms with E-state index >= 15 is 0 Å². The lowest BCUT2D eigenvalue weighted by Crippen LogP contribution is -2.23. The number of nitrogens with one attached hydrogen (secondary N) is 1. The summed E-state index contributed by atoms with van der Waals surface area (Å²) < 4.78 is 1.79. The largest absolute Gasteiger partial charge is 0.370 e. The van der Waals surface area contributed by atoms with Gasteiger partial charge in [-0.2, -0.15) is 0 Å². The van der Waals surface area contributed by atoms with E-state index in [1.807, 2.05) is 38.2 Å². The smallest absolute Gasteiger partial charge is 0.237 e. The number of aryl methyl sites for hydroxylation is 1. The van der Waals surface area contributed by atoms with Crippen LogP contribution in [0.1, 0.15) is 44.5 Å². The fourth-order valence-corrected chi connectivity index (χ4v) is 3.29. The number of nitrogens with zero attached hydrogens (tertiary/aromatic N) is 3. The van der Waals surface area contributed by atoms with Gasteiger partial charge < -0.3 is 15.6 Å². The van der Waals surface area contributed by atoms with Crippen molar-refractivity contribution in [2.45, 2.75) is 49.9 Å². The third-order valence-electron chi connectivity index (χ3n) is 4.01. The number of rotatable bonds is 8. The maximum absolute atomic E-state index is 12.6. The molecule has 0 spiro atoms. The Labute approximate surface area is 157 Å². The van der Waals surface area contributed by atoms with Crippen LogP contribution in [0.3, 0.4) is 0 Å². The van der Waals surface area contributed by atoms with Crippen LogP contribution in [0.2, 0.25) is 0 Å². The van der Waals surface area contributed by atoms with Gasteiger partial charge in [-0.15, -0.1) is 10.2 Å². The fraction of sp³-hybridized carbons (Fsp3) is 0.444. The van der Waals surface area contributed by atoms with Gasteiger partial charge in [-0.3, -0.25) is 9.59 Å². The average Bonchev–Trinajstić information content (AvgIpc) is 2.93. The van der Waals surface area contributed by atoms with Crippen LogP contribution in [0, 0.1) is 0 Å². The van der Waals surface area contributed by atoms with E-state index in [0.717, 1.165) is 11.3 Å². The van der Waals surface area contributed by atoms with E-state index < -0.39 is 0 Å². The van der Waals surface area contributed by atoms with E-state index in [2.05, 4.69) is 29.4 Å². The van der Waals surface area contributed by atoms with Crippen molar-refractivity contribution in [3.05, 3.63) is 35.7 Å². The van der Waals surface area contributed by atoms with E-state index in [4.69, 9.17) is 5.73 Å². The third-order valence-corrected chi connectivity index (χ3v) is 5.15. The van der Waals surface area contributed by atoms with Crippen LogP contribution in [0.25, 0.3) is 0 Å². The summed E-state index contributed by atoms with van der Waals surface area (Å²) in [7, 11) is 1.82. The quantitative estimate of drug-likeness (QED) is 0.690. The van der Waals surface area contributed by atoms with Crippen molar-refractivity contribution in [1.29, 1.82) is 0 Å². The lowest BCUT2D eigenvalue weighted by atomic mass is 10.0. The van der Waals surface area contributed by atoms with Crippen LogP contribution >= 0.6 is 11.8 Å². The Bertz CT molecular complexity index is 788. The van der Waals surface area contributed by atoms with Crippen LogP contribution in [0.4, 0.5) is 5.69 Å². The standard InChI is InChI=1S/C18H25N5O2S/c1-11(2)13-7-5-6-8-14(13)20-17(25)12(3)26-18-22-21-16(23(18)4)10-9-15(19)24/h5-8,11-12H,9-10H2,1-4H3,(H2,19,24)(H,20,25)/t12-/m1/s1. The van der Waals surface area contributed by atoms with Crippen molar-refractivity contribution in [2.75, 3.05) is 5.32 Å². The minimum Gasteiger partial charge on any atom is -0.370 e. The number of nitrogens with two attached hydrogens (primary N) is 1. The lowest BCUT2D eigenvalue weighted by Gasteiger charge is -2.16. The highest BCUT2D eigenvalue weighted by Crippen LogP contribution is 2.26. The van der Waals surface area contributed by atoms with Crippen molar-refractivity contribution < 1.29 is 9.59 Å². The Morgan fingerprint density at radius 2 is 1.92 bits per heavy atom. The molecule has 2 rings (SSSR count). The molecule has 0 aliphatic heterocycles. The number of hydrogen-bond acceptors (Lipinski definition) is 5. The molecule has 0 aliphatic carbocycles. The minimum atomic E-state index is -0.376. The number of para-hydroxylation sites is 1. The van der Waals surface area contributed by atoms with Crippen LogP contribution in [-0.4, -0.2) is 31.8 Å². The number of primary amides is 1. The molecule has 2 aromatic rings. The summed E-state index contributed by atoms with van der Waals surface area (Å²) in [6.45, 7) is 6.02. The third kappa shape index (κ3) is 5.08. The maximum atomic E-state index is 12.6. The number of amides is 2. The summed E-state index contributed by atoms with van der Waals surface area (Å²) in [5.74, 6) is 0.522. The molecule has 0 aliphatic rings. The van der Waals surface area contributed by atoms with Crippen molar-refractivity contribution in [1.82, 2.24) is 14.8 Å². The molecule has 1 heterocycles. The van der Waals surface area contributed by atoms with Gasteiger partial charge in [0.1, 0.15) is 5.82 Å². The molecule has 0 radical (unpaired) electrons. The molecule has 3 N–H and O–H groups in total. The van der Waals surface area contributed by atoms with Gasteiger partial charge in [0.2, 0.25) is 11.8 Å². The summed E-state index contributed by atoms with van der Waals surface area (Å²) in [4.78, 5) is 23.5. The minimum absolute atomic E-state index is 0.0928. The number of carbonyl (C=O) groups excluding carboxylic acids is 2. The second-order valence-corrected chi connectivity index (χ2v) is 7.72. The van der Waals surface area contributed by atoms with E-state index in [9.17, 15) is 9.59 Å². The van der Waals surface area contributed by atoms with E-state index in [0.29, 0.717) is 23.3 Å². The Kier molecular flexibility index (Phi) is 6.79. The molecule has 140 valence electrons. The number of aromatic nitrogens is 3. The molecule has 0 bridgehead atoms. The lowest BCUT2D eigenvalue weighted by molar-refractivity contribution is -0.118. The van der Waals surface area contributed by atoms with Crippen molar-refractivity contribution in [2.24, 2.45) is 12.8 Å². The molecule has 0 unspecified atom stereocenters. The van der Waals surface area contributed by atoms with Crippen LogP contribution in [0.5, 0.6) is 0 Å². The molecule has 1 aromatic heterocycles. The van der Waals surface area contributed by atoms with Crippen molar-refractivity contribution in [3.8, 4) is 0 Å². The summed E-state index contributed by atoms with van der Waals surface area (Å²) >= 11 is 1.33. The predicted octanol–water partition coefficient (Wildman–Crippen LogP) is 2.48.